The maximum Gasteiger partial charge on any atom is 0.297 e. The third-order valence-electron chi connectivity index (χ3n) is 2.94. The Morgan fingerprint density at radius 2 is 2.06 bits per heavy atom. The highest BCUT2D eigenvalue weighted by molar-refractivity contribution is 5.28. The highest BCUT2D eigenvalue weighted by Gasteiger charge is 2.16. The van der Waals surface area contributed by atoms with Crippen LogP contribution in [-0.4, -0.2) is 23.6 Å². The van der Waals surface area contributed by atoms with E-state index in [-0.39, 0.29) is 0 Å². The predicted molar refractivity (Wildman–Crippen MR) is 71.3 cm³/mol. The molecule has 4 nitrogen and oxygen atoms in total. The lowest BCUT2D eigenvalue weighted by molar-refractivity contribution is 0.500. The molecular formula is C13H25N3O. The Balaban J connectivity index is 2.65. The fraction of sp³-hybridized carbons (Fsp3) is 0.769. The van der Waals surface area contributed by atoms with Gasteiger partial charge in [-0.15, -0.1) is 0 Å². The highest BCUT2D eigenvalue weighted by atomic mass is 16.4. The zero-order valence-corrected chi connectivity index (χ0v) is 11.7. The van der Waals surface area contributed by atoms with E-state index in [4.69, 9.17) is 4.42 Å². The van der Waals surface area contributed by atoms with Gasteiger partial charge >= 0.3 is 0 Å². The first-order chi connectivity index (χ1) is 8.08. The number of nitrogens with one attached hydrogen (secondary N) is 1. The van der Waals surface area contributed by atoms with Crippen LogP contribution in [0.5, 0.6) is 0 Å². The minimum absolute atomic E-state index is 0.463. The van der Waals surface area contributed by atoms with Gasteiger partial charge in [0.25, 0.3) is 6.01 Å². The van der Waals surface area contributed by atoms with Crippen molar-refractivity contribution in [1.29, 1.82) is 0 Å². The Labute approximate surface area is 104 Å². The molecule has 1 rings (SSSR count). The molecule has 0 spiro atoms. The number of anilines is 1. The van der Waals surface area contributed by atoms with Crippen molar-refractivity contribution in [1.82, 2.24) is 10.3 Å². The van der Waals surface area contributed by atoms with Crippen molar-refractivity contribution in [2.45, 2.75) is 59.7 Å². The quantitative estimate of drug-likeness (QED) is 0.794. The Morgan fingerprint density at radius 3 is 2.59 bits per heavy atom. The molecule has 17 heavy (non-hydrogen) atoms. The number of aromatic nitrogens is 1. The van der Waals surface area contributed by atoms with Crippen LogP contribution in [0.25, 0.3) is 0 Å². The molecule has 1 N–H and O–H groups in total. The first-order valence-electron chi connectivity index (χ1n) is 6.52. The van der Waals surface area contributed by atoms with Crippen LogP contribution < -0.4 is 10.2 Å². The van der Waals surface area contributed by atoms with Gasteiger partial charge in [-0.1, -0.05) is 20.8 Å². The zero-order valence-electron chi connectivity index (χ0n) is 11.7. The molecule has 98 valence electrons. The van der Waals surface area contributed by atoms with E-state index in [0.717, 1.165) is 31.2 Å². The highest BCUT2D eigenvalue weighted by Crippen LogP contribution is 2.17. The summed E-state index contributed by atoms with van der Waals surface area (Å²) in [5, 5.41) is 3.33. The topological polar surface area (TPSA) is 41.3 Å². The second kappa shape index (κ2) is 6.64. The predicted octanol–water partition coefficient (Wildman–Crippen LogP) is 2.80. The molecule has 1 aromatic heterocycles. The molecule has 0 saturated heterocycles. The molecule has 1 aromatic rings. The van der Waals surface area contributed by atoms with Crippen molar-refractivity contribution >= 4 is 6.01 Å². The van der Waals surface area contributed by atoms with Crippen molar-refractivity contribution in [3.8, 4) is 0 Å². The van der Waals surface area contributed by atoms with Crippen LogP contribution in [0.2, 0.25) is 0 Å². The number of hydrogen-bond acceptors (Lipinski definition) is 4. The van der Waals surface area contributed by atoms with E-state index >= 15 is 0 Å². The van der Waals surface area contributed by atoms with Gasteiger partial charge in [-0.2, -0.15) is 4.98 Å². The molecule has 0 aromatic carbocycles. The molecule has 0 aliphatic heterocycles. The van der Waals surface area contributed by atoms with Crippen LogP contribution >= 0.6 is 0 Å². The van der Waals surface area contributed by atoms with E-state index in [1.165, 1.54) is 0 Å². The third-order valence-corrected chi connectivity index (χ3v) is 2.94. The van der Waals surface area contributed by atoms with Crippen LogP contribution in [0.3, 0.4) is 0 Å². The summed E-state index contributed by atoms with van der Waals surface area (Å²) in [6.07, 6.45) is 2.84. The van der Waals surface area contributed by atoms with Crippen LogP contribution in [-0.2, 0) is 6.54 Å². The van der Waals surface area contributed by atoms with Crippen molar-refractivity contribution < 1.29 is 4.42 Å². The summed E-state index contributed by atoms with van der Waals surface area (Å²) in [7, 11) is 0. The van der Waals surface area contributed by atoms with Gasteiger partial charge in [0.2, 0.25) is 0 Å². The van der Waals surface area contributed by atoms with Crippen LogP contribution in [0.4, 0.5) is 6.01 Å². The molecule has 0 fully saturated rings. The number of hydrogen-bond donors (Lipinski definition) is 1. The molecule has 0 aliphatic rings. The van der Waals surface area contributed by atoms with E-state index < -0.39 is 0 Å². The molecule has 1 atom stereocenters. The van der Waals surface area contributed by atoms with Gasteiger partial charge in [0.15, 0.2) is 0 Å². The molecule has 0 aliphatic carbocycles. The summed E-state index contributed by atoms with van der Waals surface area (Å²) in [6.45, 7) is 12.4. The lowest BCUT2D eigenvalue weighted by Crippen LogP contribution is -2.32. The Bertz CT molecular complexity index is 322. The third kappa shape index (κ3) is 4.04. The Hall–Kier alpha value is -1.03. The molecule has 1 unspecified atom stereocenters. The smallest absolute Gasteiger partial charge is 0.297 e. The fourth-order valence-corrected chi connectivity index (χ4v) is 1.67. The fourth-order valence-electron chi connectivity index (χ4n) is 1.67. The average Bonchev–Trinajstić information content (AvgIpc) is 2.75. The molecule has 0 saturated carbocycles. The van der Waals surface area contributed by atoms with Gasteiger partial charge in [-0.05, 0) is 20.3 Å². The van der Waals surface area contributed by atoms with E-state index in [0.29, 0.717) is 12.1 Å². The SMILES string of the molecule is CCC(C)N(CC)c1nc(CNC(C)C)co1. The second-order valence-electron chi connectivity index (χ2n) is 4.70. The normalized spacial score (nSPS) is 13.1. The minimum Gasteiger partial charge on any atom is -0.432 e. The van der Waals surface area contributed by atoms with Gasteiger partial charge < -0.3 is 14.6 Å². The number of oxazole rings is 1. The second-order valence-corrected chi connectivity index (χ2v) is 4.70. The molecular weight excluding hydrogens is 214 g/mol. The van der Waals surface area contributed by atoms with Gasteiger partial charge in [-0.3, -0.25) is 0 Å². The summed E-state index contributed by atoms with van der Waals surface area (Å²) in [5.41, 5.74) is 0.968. The lowest BCUT2D eigenvalue weighted by atomic mass is 10.2. The summed E-state index contributed by atoms with van der Waals surface area (Å²) in [6, 6.07) is 1.67. The van der Waals surface area contributed by atoms with Crippen molar-refractivity contribution in [3.63, 3.8) is 0 Å². The summed E-state index contributed by atoms with van der Waals surface area (Å²) < 4.78 is 5.55. The first-order valence-corrected chi connectivity index (χ1v) is 6.52. The summed E-state index contributed by atoms with van der Waals surface area (Å²) in [5.74, 6) is 0. The van der Waals surface area contributed by atoms with Crippen LogP contribution in [0.15, 0.2) is 10.7 Å². The Kier molecular flexibility index (Phi) is 5.48. The lowest BCUT2D eigenvalue weighted by Gasteiger charge is -2.24. The number of nitrogens with zero attached hydrogens (tertiary/aromatic N) is 2. The van der Waals surface area contributed by atoms with Gasteiger partial charge in [-0.25, -0.2) is 0 Å². The molecule has 0 bridgehead atoms. The maximum absolute atomic E-state index is 5.55. The average molecular weight is 239 g/mol. The number of rotatable bonds is 7. The molecule has 0 radical (unpaired) electrons. The monoisotopic (exact) mass is 239 g/mol. The largest absolute Gasteiger partial charge is 0.432 e. The van der Waals surface area contributed by atoms with E-state index in [1.807, 2.05) is 0 Å². The van der Waals surface area contributed by atoms with Crippen LogP contribution in [0.1, 0.15) is 46.7 Å². The molecule has 4 heteroatoms. The van der Waals surface area contributed by atoms with Gasteiger partial charge in [0.1, 0.15) is 6.26 Å². The summed E-state index contributed by atoms with van der Waals surface area (Å²) in [4.78, 5) is 6.71. The van der Waals surface area contributed by atoms with E-state index in [9.17, 15) is 0 Å². The van der Waals surface area contributed by atoms with Crippen molar-refractivity contribution in [3.05, 3.63) is 12.0 Å². The summed E-state index contributed by atoms with van der Waals surface area (Å²) >= 11 is 0. The van der Waals surface area contributed by atoms with Crippen LogP contribution in [0, 0.1) is 0 Å². The maximum atomic E-state index is 5.55. The van der Waals surface area contributed by atoms with Crippen molar-refractivity contribution in [2.75, 3.05) is 11.4 Å². The molecule has 0 amide bonds. The first kappa shape index (κ1) is 14.0. The minimum atomic E-state index is 0.463. The van der Waals surface area contributed by atoms with Crippen molar-refractivity contribution in [2.24, 2.45) is 0 Å². The zero-order chi connectivity index (χ0) is 12.8. The standard InChI is InChI=1S/C13H25N3O/c1-6-11(5)16(7-2)13-15-12(9-17-13)8-14-10(3)4/h9-11,14H,6-8H2,1-5H3. The Morgan fingerprint density at radius 1 is 1.35 bits per heavy atom. The van der Waals surface area contributed by atoms with E-state index in [1.54, 1.807) is 6.26 Å². The van der Waals surface area contributed by atoms with E-state index in [2.05, 4.69) is 49.8 Å². The van der Waals surface area contributed by atoms with Gasteiger partial charge in [0.05, 0.1) is 5.69 Å². The van der Waals surface area contributed by atoms with Gasteiger partial charge in [0, 0.05) is 25.2 Å². The molecule has 1 heterocycles.